The zero-order valence-corrected chi connectivity index (χ0v) is 14.3. The van der Waals surface area contributed by atoms with Crippen LogP contribution in [-0.2, 0) is 0 Å². The van der Waals surface area contributed by atoms with Gasteiger partial charge in [-0.05, 0) is 51.0 Å². The van der Waals surface area contributed by atoms with E-state index in [1.807, 2.05) is 58.0 Å². The van der Waals surface area contributed by atoms with Gasteiger partial charge in [0, 0.05) is 5.69 Å². The summed E-state index contributed by atoms with van der Waals surface area (Å²) < 4.78 is 1.67. The summed E-state index contributed by atoms with van der Waals surface area (Å²) >= 11 is 0. The first-order chi connectivity index (χ1) is 11.5. The summed E-state index contributed by atoms with van der Waals surface area (Å²) in [5, 5.41) is 11.2. The summed E-state index contributed by atoms with van der Waals surface area (Å²) in [4.78, 5) is 12.6. The molecule has 1 N–H and O–H groups in total. The van der Waals surface area contributed by atoms with Crippen molar-refractivity contribution in [2.45, 2.75) is 27.7 Å². The van der Waals surface area contributed by atoms with E-state index in [9.17, 15) is 4.79 Å². The Bertz CT molecular complexity index is 874. The summed E-state index contributed by atoms with van der Waals surface area (Å²) in [5.41, 5.74) is 6.00. The van der Waals surface area contributed by atoms with Crippen molar-refractivity contribution in [2.75, 3.05) is 5.32 Å². The molecule has 1 heterocycles. The average Bonchev–Trinajstić information content (AvgIpc) is 2.93. The molecule has 0 saturated heterocycles. The molecule has 0 aliphatic rings. The quantitative estimate of drug-likeness (QED) is 0.799. The van der Waals surface area contributed by atoms with E-state index in [0.717, 1.165) is 22.5 Å². The van der Waals surface area contributed by atoms with Gasteiger partial charge in [-0.3, -0.25) is 4.79 Å². The molecule has 0 radical (unpaired) electrons. The molecule has 5 heteroatoms. The molecule has 0 aliphatic heterocycles. The number of anilines is 1. The van der Waals surface area contributed by atoms with Crippen molar-refractivity contribution >= 4 is 11.6 Å². The third kappa shape index (κ3) is 2.93. The van der Waals surface area contributed by atoms with Crippen LogP contribution < -0.4 is 5.32 Å². The highest BCUT2D eigenvalue weighted by molar-refractivity contribution is 6.04. The minimum absolute atomic E-state index is 0.246. The largest absolute Gasteiger partial charge is 0.320 e. The molecule has 122 valence electrons. The third-order valence-electron chi connectivity index (χ3n) is 4.03. The molecule has 2 aromatic carbocycles. The van der Waals surface area contributed by atoms with Crippen LogP contribution in [0.2, 0.25) is 0 Å². The molecule has 5 nitrogen and oxygen atoms in total. The zero-order chi connectivity index (χ0) is 17.3. The topological polar surface area (TPSA) is 59.8 Å². The number of rotatable bonds is 3. The van der Waals surface area contributed by atoms with Crippen molar-refractivity contribution in [1.29, 1.82) is 0 Å². The number of hydrogen-bond donors (Lipinski definition) is 1. The Morgan fingerprint density at radius 2 is 1.62 bits per heavy atom. The van der Waals surface area contributed by atoms with Gasteiger partial charge in [0.15, 0.2) is 5.69 Å². The van der Waals surface area contributed by atoms with Crippen LogP contribution in [0.3, 0.4) is 0 Å². The summed E-state index contributed by atoms with van der Waals surface area (Å²) in [7, 11) is 0. The fourth-order valence-electron chi connectivity index (χ4n) is 2.90. The highest BCUT2D eigenvalue weighted by atomic mass is 16.2. The lowest BCUT2D eigenvalue weighted by Gasteiger charge is -2.12. The second-order valence-corrected chi connectivity index (χ2v) is 6.00. The first-order valence-electron chi connectivity index (χ1n) is 7.84. The van der Waals surface area contributed by atoms with Gasteiger partial charge in [-0.1, -0.05) is 41.1 Å². The molecule has 24 heavy (non-hydrogen) atoms. The van der Waals surface area contributed by atoms with Crippen LogP contribution in [0.1, 0.15) is 32.9 Å². The first-order valence-corrected chi connectivity index (χ1v) is 7.84. The van der Waals surface area contributed by atoms with Crippen molar-refractivity contribution < 1.29 is 4.79 Å². The maximum atomic E-state index is 12.6. The van der Waals surface area contributed by atoms with Gasteiger partial charge in [0.2, 0.25) is 0 Å². The Morgan fingerprint density at radius 1 is 1.00 bits per heavy atom. The number of carbonyl (C=O) groups is 1. The molecule has 0 spiro atoms. The Kier molecular flexibility index (Phi) is 4.16. The highest BCUT2D eigenvalue weighted by Crippen LogP contribution is 2.23. The fraction of sp³-hybridized carbons (Fsp3) is 0.211. The number of aryl methyl sites for hydroxylation is 3. The lowest BCUT2D eigenvalue weighted by molar-refractivity contribution is 0.102. The zero-order valence-electron chi connectivity index (χ0n) is 14.3. The molecular weight excluding hydrogens is 300 g/mol. The predicted molar refractivity (Wildman–Crippen MR) is 94.7 cm³/mol. The van der Waals surface area contributed by atoms with Crippen LogP contribution in [0.15, 0.2) is 42.5 Å². The van der Waals surface area contributed by atoms with Crippen molar-refractivity contribution in [3.63, 3.8) is 0 Å². The maximum Gasteiger partial charge on any atom is 0.278 e. The first kappa shape index (κ1) is 15.9. The van der Waals surface area contributed by atoms with E-state index in [4.69, 9.17) is 0 Å². The van der Waals surface area contributed by atoms with E-state index in [1.54, 1.807) is 4.68 Å². The molecule has 3 aromatic rings. The van der Waals surface area contributed by atoms with Crippen LogP contribution in [0.5, 0.6) is 0 Å². The molecule has 0 fully saturated rings. The SMILES string of the molecule is Cc1cc(C)c(NC(=O)c2nnn(-c3ccccc3)c2C)c(C)c1. The van der Waals surface area contributed by atoms with Gasteiger partial charge >= 0.3 is 0 Å². The van der Waals surface area contributed by atoms with Gasteiger partial charge in [0.05, 0.1) is 11.4 Å². The number of benzene rings is 2. The van der Waals surface area contributed by atoms with Gasteiger partial charge < -0.3 is 5.32 Å². The van der Waals surface area contributed by atoms with Gasteiger partial charge in [-0.25, -0.2) is 4.68 Å². The summed E-state index contributed by atoms with van der Waals surface area (Å²) in [6.45, 7) is 7.87. The minimum atomic E-state index is -0.246. The van der Waals surface area contributed by atoms with Gasteiger partial charge in [-0.15, -0.1) is 5.10 Å². The van der Waals surface area contributed by atoms with Crippen LogP contribution in [0.25, 0.3) is 5.69 Å². The van der Waals surface area contributed by atoms with Crippen LogP contribution >= 0.6 is 0 Å². The number of aromatic nitrogens is 3. The minimum Gasteiger partial charge on any atom is -0.320 e. The van der Waals surface area contributed by atoms with Crippen molar-refractivity contribution in [2.24, 2.45) is 0 Å². The normalized spacial score (nSPS) is 10.7. The highest BCUT2D eigenvalue weighted by Gasteiger charge is 2.18. The fourth-order valence-corrected chi connectivity index (χ4v) is 2.90. The third-order valence-corrected chi connectivity index (χ3v) is 4.03. The number of carbonyl (C=O) groups excluding carboxylic acids is 1. The summed E-state index contributed by atoms with van der Waals surface area (Å²) in [5.74, 6) is -0.246. The lowest BCUT2D eigenvalue weighted by Crippen LogP contribution is -2.16. The van der Waals surface area contributed by atoms with E-state index < -0.39 is 0 Å². The number of para-hydroxylation sites is 1. The van der Waals surface area contributed by atoms with Crippen molar-refractivity contribution in [3.05, 3.63) is 70.5 Å². The maximum absolute atomic E-state index is 12.6. The Labute approximate surface area is 141 Å². The molecule has 1 aromatic heterocycles. The van der Waals surface area contributed by atoms with E-state index in [1.165, 1.54) is 5.56 Å². The number of amides is 1. The van der Waals surface area contributed by atoms with Gasteiger partial charge in [-0.2, -0.15) is 0 Å². The summed E-state index contributed by atoms with van der Waals surface area (Å²) in [6, 6.07) is 13.7. The molecule has 0 unspecified atom stereocenters. The second-order valence-electron chi connectivity index (χ2n) is 6.00. The average molecular weight is 320 g/mol. The van der Waals surface area contributed by atoms with E-state index in [-0.39, 0.29) is 5.91 Å². The molecular formula is C19H20N4O. The second kappa shape index (κ2) is 6.28. The lowest BCUT2D eigenvalue weighted by atomic mass is 10.0. The molecule has 3 rings (SSSR count). The Hall–Kier alpha value is -2.95. The molecule has 0 saturated carbocycles. The van der Waals surface area contributed by atoms with Crippen molar-refractivity contribution in [1.82, 2.24) is 15.0 Å². The van der Waals surface area contributed by atoms with Gasteiger partial charge in [0.1, 0.15) is 0 Å². The Morgan fingerprint density at radius 3 is 2.25 bits per heavy atom. The monoisotopic (exact) mass is 320 g/mol. The van der Waals surface area contributed by atoms with E-state index >= 15 is 0 Å². The van der Waals surface area contributed by atoms with Crippen molar-refractivity contribution in [3.8, 4) is 5.69 Å². The van der Waals surface area contributed by atoms with Crippen LogP contribution in [-0.4, -0.2) is 20.9 Å². The molecule has 0 aliphatic carbocycles. The number of nitrogens with zero attached hydrogens (tertiary/aromatic N) is 3. The standard InChI is InChI=1S/C19H20N4O/c1-12-10-13(2)17(14(3)11-12)20-19(24)18-15(4)23(22-21-18)16-8-6-5-7-9-16/h5-11H,1-4H3,(H,20,24). The number of hydrogen-bond acceptors (Lipinski definition) is 3. The Balaban J connectivity index is 1.91. The van der Waals surface area contributed by atoms with E-state index in [0.29, 0.717) is 11.4 Å². The molecule has 1 amide bonds. The van der Waals surface area contributed by atoms with Crippen LogP contribution in [0.4, 0.5) is 5.69 Å². The number of nitrogens with one attached hydrogen (secondary N) is 1. The summed E-state index contributed by atoms with van der Waals surface area (Å²) in [6.07, 6.45) is 0. The molecule has 0 atom stereocenters. The smallest absolute Gasteiger partial charge is 0.278 e. The van der Waals surface area contributed by atoms with Gasteiger partial charge in [0.25, 0.3) is 5.91 Å². The molecule has 0 bridgehead atoms. The van der Waals surface area contributed by atoms with E-state index in [2.05, 4.69) is 27.8 Å². The predicted octanol–water partition coefficient (Wildman–Crippen LogP) is 3.75. The van der Waals surface area contributed by atoms with Crippen LogP contribution in [0, 0.1) is 27.7 Å².